The fourth-order valence-electron chi connectivity index (χ4n) is 4.74. The second-order valence-electron chi connectivity index (χ2n) is 11.6. The van der Waals surface area contributed by atoms with Gasteiger partial charge in [-0.15, -0.1) is 0 Å². The Morgan fingerprint density at radius 2 is 1.77 bits per heavy atom. The summed E-state index contributed by atoms with van der Waals surface area (Å²) in [6.45, 7) is 11.3. The average Bonchev–Trinajstić information content (AvgIpc) is 3.45. The molecule has 1 aliphatic heterocycles. The van der Waals surface area contributed by atoms with Crippen LogP contribution in [-0.2, 0) is 4.43 Å². The van der Waals surface area contributed by atoms with Gasteiger partial charge in [0, 0.05) is 24.6 Å². The van der Waals surface area contributed by atoms with E-state index in [0.29, 0.717) is 36.3 Å². The van der Waals surface area contributed by atoms with Gasteiger partial charge in [0.25, 0.3) is 11.6 Å². The van der Waals surface area contributed by atoms with Crippen molar-refractivity contribution >= 4 is 25.9 Å². The second kappa shape index (κ2) is 11.3. The van der Waals surface area contributed by atoms with Gasteiger partial charge in [-0.3, -0.25) is 14.9 Å². The van der Waals surface area contributed by atoms with Crippen LogP contribution in [0.25, 0.3) is 5.69 Å². The minimum absolute atomic E-state index is 0.000105. The number of non-ortho nitro benzene ring substituents is 1. The summed E-state index contributed by atoms with van der Waals surface area (Å²) < 4.78 is 6.54. The van der Waals surface area contributed by atoms with Crippen LogP contribution in [0, 0.1) is 10.1 Å². The molecule has 0 saturated carbocycles. The first kappa shape index (κ1) is 29.1. The maximum absolute atomic E-state index is 14.2. The fraction of sp³-hybridized carbons (Fsp3) is 0.429. The first-order valence-corrected chi connectivity index (χ1v) is 16.1. The molecular weight excluding hydrogens is 530 g/mol. The highest BCUT2D eigenvalue weighted by Crippen LogP contribution is 2.39. The molecule has 0 spiro atoms. The number of nitrogens with zero attached hydrogens (tertiary/aromatic N) is 5. The SMILES string of the molecule is CC(C)(C)[Si](C)(C)OC[C@@H]1CC[C@@H](c2cc([N+](=O)[O-])ccc2C(=O)O)CN1C(=O)c1ccccc1-n1nccn1. The highest BCUT2D eigenvalue weighted by molar-refractivity contribution is 6.74. The van der Waals surface area contributed by atoms with Crippen molar-refractivity contribution in [2.45, 2.75) is 63.7 Å². The number of nitro groups is 1. The number of likely N-dealkylation sites (tertiary alicyclic amines) is 1. The second-order valence-corrected chi connectivity index (χ2v) is 16.4. The molecule has 3 aromatic rings. The van der Waals surface area contributed by atoms with Gasteiger partial charge in [0.2, 0.25) is 0 Å². The van der Waals surface area contributed by atoms with Gasteiger partial charge in [-0.25, -0.2) is 4.79 Å². The van der Waals surface area contributed by atoms with E-state index in [1.54, 1.807) is 29.2 Å². The number of amides is 1. The normalized spacial score (nSPS) is 18.0. The molecule has 212 valence electrons. The molecule has 1 aliphatic rings. The Bertz CT molecular complexity index is 1400. The van der Waals surface area contributed by atoms with Crippen LogP contribution in [0.1, 0.15) is 65.8 Å². The highest BCUT2D eigenvalue weighted by atomic mass is 28.4. The van der Waals surface area contributed by atoms with Crippen LogP contribution in [0.3, 0.4) is 0 Å². The van der Waals surface area contributed by atoms with Crippen LogP contribution in [0.2, 0.25) is 18.1 Å². The number of hydrogen-bond acceptors (Lipinski definition) is 7. The number of aromatic nitrogens is 3. The maximum atomic E-state index is 14.2. The monoisotopic (exact) mass is 565 g/mol. The Kier molecular flexibility index (Phi) is 8.22. The fourth-order valence-corrected chi connectivity index (χ4v) is 5.79. The summed E-state index contributed by atoms with van der Waals surface area (Å²) in [5, 5.41) is 29.7. The topological polar surface area (TPSA) is 141 Å². The number of carbonyl (C=O) groups is 2. The lowest BCUT2D eigenvalue weighted by Gasteiger charge is -2.43. The maximum Gasteiger partial charge on any atom is 0.335 e. The molecule has 0 bridgehead atoms. The third-order valence-corrected chi connectivity index (χ3v) is 12.6. The number of piperidine rings is 1. The first-order chi connectivity index (χ1) is 18.8. The largest absolute Gasteiger partial charge is 0.478 e. The van der Waals surface area contributed by atoms with Crippen molar-refractivity contribution in [3.05, 3.63) is 81.7 Å². The predicted molar refractivity (Wildman–Crippen MR) is 151 cm³/mol. The molecule has 40 heavy (non-hydrogen) atoms. The molecule has 1 fully saturated rings. The molecule has 11 nitrogen and oxygen atoms in total. The van der Waals surface area contributed by atoms with Crippen molar-refractivity contribution in [1.29, 1.82) is 0 Å². The van der Waals surface area contributed by atoms with Crippen LogP contribution in [0.15, 0.2) is 54.9 Å². The molecule has 0 unspecified atom stereocenters. The number of hydrogen-bond donors (Lipinski definition) is 1. The minimum atomic E-state index is -2.13. The van der Waals surface area contributed by atoms with Crippen LogP contribution in [0.4, 0.5) is 5.69 Å². The van der Waals surface area contributed by atoms with E-state index >= 15 is 0 Å². The summed E-state index contributed by atoms with van der Waals surface area (Å²) in [6.07, 6.45) is 4.17. The number of carbonyl (C=O) groups excluding carboxylic acids is 1. The third-order valence-electron chi connectivity index (χ3n) is 8.09. The Morgan fingerprint density at radius 1 is 1.10 bits per heavy atom. The molecule has 2 atom stereocenters. The quantitative estimate of drug-likeness (QED) is 0.221. The summed E-state index contributed by atoms with van der Waals surface area (Å²) in [7, 11) is -2.13. The predicted octanol–water partition coefficient (Wildman–Crippen LogP) is 5.28. The van der Waals surface area contributed by atoms with Gasteiger partial charge in [-0.1, -0.05) is 32.9 Å². The summed E-state index contributed by atoms with van der Waals surface area (Å²) in [4.78, 5) is 40.3. The van der Waals surface area contributed by atoms with E-state index in [4.69, 9.17) is 4.43 Å². The van der Waals surface area contributed by atoms with Crippen molar-refractivity contribution in [2.24, 2.45) is 0 Å². The lowest BCUT2D eigenvalue weighted by atomic mass is 9.84. The van der Waals surface area contributed by atoms with Crippen molar-refractivity contribution in [2.75, 3.05) is 13.2 Å². The smallest absolute Gasteiger partial charge is 0.335 e. The van der Waals surface area contributed by atoms with E-state index in [1.807, 2.05) is 0 Å². The van der Waals surface area contributed by atoms with Gasteiger partial charge < -0.3 is 14.4 Å². The highest BCUT2D eigenvalue weighted by Gasteiger charge is 2.40. The number of rotatable bonds is 8. The van der Waals surface area contributed by atoms with Crippen molar-refractivity contribution in [3.8, 4) is 5.69 Å². The Balaban J connectivity index is 1.73. The summed E-state index contributed by atoms with van der Waals surface area (Å²) in [5.74, 6) is -1.83. The van der Waals surface area contributed by atoms with Crippen LogP contribution in [0.5, 0.6) is 0 Å². The molecule has 1 amide bonds. The van der Waals surface area contributed by atoms with E-state index in [9.17, 15) is 24.8 Å². The first-order valence-electron chi connectivity index (χ1n) is 13.2. The molecule has 12 heteroatoms. The van der Waals surface area contributed by atoms with Crippen LogP contribution in [-0.4, -0.2) is 69.3 Å². The van der Waals surface area contributed by atoms with Gasteiger partial charge in [0.1, 0.15) is 0 Å². The number of benzene rings is 2. The molecule has 4 rings (SSSR count). The average molecular weight is 566 g/mol. The minimum Gasteiger partial charge on any atom is -0.478 e. The Hall–Kier alpha value is -3.90. The summed E-state index contributed by atoms with van der Waals surface area (Å²) >= 11 is 0. The van der Waals surface area contributed by atoms with E-state index in [2.05, 4.69) is 44.1 Å². The number of carboxylic acid groups (broad SMARTS) is 1. The lowest BCUT2D eigenvalue weighted by molar-refractivity contribution is -0.384. The van der Waals surface area contributed by atoms with Gasteiger partial charge in [-0.05, 0) is 54.7 Å². The van der Waals surface area contributed by atoms with E-state index < -0.39 is 25.1 Å². The molecule has 2 heterocycles. The molecule has 0 radical (unpaired) electrons. The molecule has 1 aromatic heterocycles. The molecule has 0 aliphatic carbocycles. The van der Waals surface area contributed by atoms with Crippen molar-refractivity contribution in [1.82, 2.24) is 19.9 Å². The zero-order chi connectivity index (χ0) is 29.2. The van der Waals surface area contributed by atoms with Gasteiger partial charge in [-0.2, -0.15) is 15.0 Å². The zero-order valence-electron chi connectivity index (χ0n) is 23.4. The standard InChI is InChI=1S/C28H35N5O6Si/c1-28(2,3)40(4,5)39-18-21-11-10-19(24-16-20(33(37)38)12-13-22(24)27(35)36)17-31(21)26(34)23-8-6-7-9-25(23)32-29-14-15-30-32/h6-9,12-16,19,21H,10-11,17-18H2,1-5H3,(H,35,36)/t19-,21+/m1/s1. The van der Waals surface area contributed by atoms with Gasteiger partial charge >= 0.3 is 5.97 Å². The van der Waals surface area contributed by atoms with Crippen LogP contribution >= 0.6 is 0 Å². The van der Waals surface area contributed by atoms with E-state index in [1.165, 1.54) is 35.4 Å². The Morgan fingerprint density at radius 3 is 2.40 bits per heavy atom. The lowest BCUT2D eigenvalue weighted by Crippen LogP contribution is -2.51. The molecular formula is C28H35N5O6Si. The van der Waals surface area contributed by atoms with Gasteiger partial charge in [0.15, 0.2) is 8.32 Å². The number of carboxylic acids is 1. The number of para-hydroxylation sites is 1. The van der Waals surface area contributed by atoms with Crippen molar-refractivity contribution in [3.63, 3.8) is 0 Å². The van der Waals surface area contributed by atoms with E-state index in [0.717, 1.165) is 0 Å². The Labute approximate surface area is 234 Å². The summed E-state index contributed by atoms with van der Waals surface area (Å²) in [5.41, 5.74) is 1.08. The van der Waals surface area contributed by atoms with E-state index in [-0.39, 0.29) is 34.8 Å². The van der Waals surface area contributed by atoms with Crippen molar-refractivity contribution < 1.29 is 24.0 Å². The summed E-state index contributed by atoms with van der Waals surface area (Å²) in [6, 6.07) is 10.6. The van der Waals surface area contributed by atoms with Gasteiger partial charge in [0.05, 0.1) is 46.8 Å². The zero-order valence-corrected chi connectivity index (χ0v) is 24.4. The number of aromatic carboxylic acids is 1. The molecule has 2 aromatic carbocycles. The third kappa shape index (κ3) is 5.97. The molecule has 1 N–H and O–H groups in total. The number of nitro benzene ring substituents is 1. The van der Waals surface area contributed by atoms with Crippen LogP contribution < -0.4 is 0 Å². The molecule has 1 saturated heterocycles.